The molecule has 266 valence electrons. The summed E-state index contributed by atoms with van der Waals surface area (Å²) in [5, 5.41) is 27.0. The monoisotopic (exact) mass is 670 g/mol. The van der Waals surface area contributed by atoms with Gasteiger partial charge in [-0.2, -0.15) is 5.10 Å². The van der Waals surface area contributed by atoms with Crippen molar-refractivity contribution < 1.29 is 23.9 Å². The number of nitrogens with one attached hydrogen (secondary N) is 4. The van der Waals surface area contributed by atoms with Gasteiger partial charge >= 0.3 is 6.03 Å². The van der Waals surface area contributed by atoms with E-state index in [4.69, 9.17) is 0 Å². The quantitative estimate of drug-likeness (QED) is 0.169. The number of likely N-dealkylation sites (N-methyl/N-ethyl adjacent to an activating group) is 1. The molecule has 1 aliphatic carbocycles. The number of piperazine rings is 1. The second kappa shape index (κ2) is 17.2. The first-order valence-corrected chi connectivity index (χ1v) is 17.5. The molecule has 48 heavy (non-hydrogen) atoms. The van der Waals surface area contributed by atoms with Crippen LogP contribution in [0.25, 0.3) is 0 Å². The fraction of sp³-hybridized carbons (Fsp3) is 0.657. The summed E-state index contributed by atoms with van der Waals surface area (Å²) < 4.78 is 17.5. The lowest BCUT2D eigenvalue weighted by Gasteiger charge is -2.36. The Kier molecular flexibility index (Phi) is 13.4. The van der Waals surface area contributed by atoms with Crippen LogP contribution in [0, 0.1) is 11.7 Å². The molecule has 1 saturated heterocycles. The van der Waals surface area contributed by atoms with Crippen molar-refractivity contribution in [1.29, 1.82) is 0 Å². The number of rotatable bonds is 12. The van der Waals surface area contributed by atoms with Crippen LogP contribution in [0.15, 0.2) is 30.5 Å². The van der Waals surface area contributed by atoms with E-state index in [1.54, 1.807) is 34.8 Å². The molecule has 12 nitrogen and oxygen atoms in total. The Labute approximate surface area is 284 Å². The topological polar surface area (TPSA) is 144 Å². The number of nitrogens with zero attached hydrogens (tertiary/aromatic N) is 4. The summed E-state index contributed by atoms with van der Waals surface area (Å²) in [6.07, 6.45) is 6.26. The van der Waals surface area contributed by atoms with Crippen molar-refractivity contribution in [3.05, 3.63) is 47.5 Å². The lowest BCUT2D eigenvalue weighted by atomic mass is 9.90. The standard InChI is InChI=1S/C35H55FN8O4/c1-22(2)38-35(48)41-30(34(47)43-19-17-42(6)18-20-43)24(5)26-13-14-28(27(36)21-26)39-33(46)31(25-11-9-7-8-10-12-25)40-32(45)29-15-16-37-44(29)23(3)4/h13-16,21-25,30-32,40,45H,7-12,17-20H2,1-6H3,(H,39,46)(H2,38,41,48)/t24-,30+,31-,32?/m0/s1. The Morgan fingerprint density at radius 2 is 1.60 bits per heavy atom. The Balaban J connectivity index is 1.53. The zero-order valence-electron chi connectivity index (χ0n) is 29.3. The van der Waals surface area contributed by atoms with Crippen molar-refractivity contribution in [2.75, 3.05) is 38.5 Å². The fourth-order valence-corrected chi connectivity index (χ4v) is 6.69. The third kappa shape index (κ3) is 9.76. The van der Waals surface area contributed by atoms with E-state index in [1.807, 2.05) is 34.7 Å². The minimum atomic E-state index is -1.14. The lowest BCUT2D eigenvalue weighted by Crippen LogP contribution is -2.57. The maximum absolute atomic E-state index is 15.8. The molecule has 0 spiro atoms. The number of aliphatic hydroxyl groups excluding tert-OH is 1. The summed E-state index contributed by atoms with van der Waals surface area (Å²) >= 11 is 0. The molecule has 4 atom stereocenters. The second-order valence-corrected chi connectivity index (χ2v) is 14.0. The van der Waals surface area contributed by atoms with Gasteiger partial charge < -0.3 is 30.9 Å². The number of aliphatic hydroxyl groups is 1. The van der Waals surface area contributed by atoms with E-state index in [9.17, 15) is 19.5 Å². The number of carbonyl (C=O) groups is 3. The fourth-order valence-electron chi connectivity index (χ4n) is 6.69. The van der Waals surface area contributed by atoms with Crippen molar-refractivity contribution >= 4 is 23.5 Å². The van der Waals surface area contributed by atoms with Crippen LogP contribution < -0.4 is 21.3 Å². The van der Waals surface area contributed by atoms with Crippen molar-refractivity contribution in [3.63, 3.8) is 0 Å². The molecule has 2 aromatic rings. The zero-order valence-corrected chi connectivity index (χ0v) is 29.3. The van der Waals surface area contributed by atoms with Gasteiger partial charge in [0.2, 0.25) is 11.8 Å². The number of anilines is 1. The number of benzene rings is 1. The summed E-state index contributed by atoms with van der Waals surface area (Å²) in [5.74, 6) is -1.89. The van der Waals surface area contributed by atoms with Gasteiger partial charge in [0.1, 0.15) is 18.1 Å². The highest BCUT2D eigenvalue weighted by Gasteiger charge is 2.35. The van der Waals surface area contributed by atoms with Gasteiger partial charge in [-0.1, -0.05) is 38.7 Å². The summed E-state index contributed by atoms with van der Waals surface area (Å²) in [6.45, 7) is 11.9. The van der Waals surface area contributed by atoms with Crippen molar-refractivity contribution in [1.82, 2.24) is 35.5 Å². The first-order valence-electron chi connectivity index (χ1n) is 17.5. The van der Waals surface area contributed by atoms with Crippen molar-refractivity contribution in [3.8, 4) is 0 Å². The molecule has 0 radical (unpaired) electrons. The number of urea groups is 1. The Hall–Kier alpha value is -3.55. The van der Waals surface area contributed by atoms with Crippen LogP contribution in [0.4, 0.5) is 14.9 Å². The van der Waals surface area contributed by atoms with Gasteiger partial charge in [0, 0.05) is 50.4 Å². The average molecular weight is 671 g/mol. The summed E-state index contributed by atoms with van der Waals surface area (Å²) in [4.78, 5) is 44.2. The average Bonchev–Trinajstić information content (AvgIpc) is 3.39. The van der Waals surface area contributed by atoms with Crippen LogP contribution in [-0.4, -0.2) is 93.9 Å². The first-order chi connectivity index (χ1) is 22.8. The minimum Gasteiger partial charge on any atom is -0.373 e. The molecule has 1 aromatic carbocycles. The largest absolute Gasteiger partial charge is 0.373 e. The zero-order chi connectivity index (χ0) is 35.0. The van der Waals surface area contributed by atoms with Gasteiger partial charge in [-0.15, -0.1) is 0 Å². The SMILES string of the molecule is CC(C)NC(=O)N[C@@H](C(=O)N1CCN(C)CC1)[C@@H](C)c1ccc(NC(=O)[C@@H](NC(O)c2ccnn2C(C)C)C2CCCCCC2)c(F)c1. The molecule has 2 aliphatic rings. The molecule has 4 rings (SSSR count). The van der Waals surface area contributed by atoms with Gasteiger partial charge in [0.05, 0.1) is 17.4 Å². The normalized spacial score (nSPS) is 19.0. The maximum Gasteiger partial charge on any atom is 0.315 e. The minimum absolute atomic E-state index is 0.00513. The van der Waals surface area contributed by atoms with Gasteiger partial charge in [0.15, 0.2) is 0 Å². The molecule has 0 bridgehead atoms. The molecule has 1 aromatic heterocycles. The molecular weight excluding hydrogens is 615 g/mol. The summed E-state index contributed by atoms with van der Waals surface area (Å²) in [6, 6.07) is 3.96. The van der Waals surface area contributed by atoms with E-state index < -0.39 is 42.0 Å². The predicted molar refractivity (Wildman–Crippen MR) is 184 cm³/mol. The van der Waals surface area contributed by atoms with Gasteiger partial charge in [-0.3, -0.25) is 19.6 Å². The molecule has 1 saturated carbocycles. The molecular formula is C35H55FN8O4. The Bertz CT molecular complexity index is 1370. The number of halogens is 1. The molecule has 1 unspecified atom stereocenters. The van der Waals surface area contributed by atoms with Crippen LogP contribution >= 0.6 is 0 Å². The van der Waals surface area contributed by atoms with Gasteiger partial charge in [-0.05, 0) is 77.3 Å². The van der Waals surface area contributed by atoms with Crippen molar-refractivity contribution in [2.45, 2.75) is 109 Å². The van der Waals surface area contributed by atoms with Crippen LogP contribution in [0.3, 0.4) is 0 Å². The number of hydrogen-bond donors (Lipinski definition) is 5. The summed E-state index contributed by atoms with van der Waals surface area (Å²) in [5.41, 5.74) is 1.07. The molecule has 2 heterocycles. The smallest absolute Gasteiger partial charge is 0.315 e. The third-order valence-electron chi connectivity index (χ3n) is 9.53. The molecule has 13 heteroatoms. The van der Waals surface area contributed by atoms with E-state index in [2.05, 4.69) is 31.3 Å². The number of aromatic nitrogens is 2. The highest BCUT2D eigenvalue weighted by molar-refractivity contribution is 5.95. The molecule has 5 N–H and O–H groups in total. The predicted octanol–water partition coefficient (Wildman–Crippen LogP) is 4.12. The number of hydrogen-bond acceptors (Lipinski definition) is 7. The van der Waals surface area contributed by atoms with Crippen LogP contribution in [-0.2, 0) is 9.59 Å². The Morgan fingerprint density at radius 1 is 0.938 bits per heavy atom. The lowest BCUT2D eigenvalue weighted by molar-refractivity contribution is -0.135. The van der Waals surface area contributed by atoms with Crippen LogP contribution in [0.1, 0.15) is 103 Å². The van der Waals surface area contributed by atoms with Crippen molar-refractivity contribution in [2.24, 2.45) is 5.92 Å². The highest BCUT2D eigenvalue weighted by atomic mass is 19.1. The Morgan fingerprint density at radius 3 is 2.21 bits per heavy atom. The highest BCUT2D eigenvalue weighted by Crippen LogP contribution is 2.30. The first kappa shape index (κ1) is 37.3. The molecule has 2 fully saturated rings. The maximum atomic E-state index is 15.8. The molecule has 4 amide bonds. The van der Waals surface area contributed by atoms with E-state index in [-0.39, 0.29) is 29.6 Å². The van der Waals surface area contributed by atoms with Crippen LogP contribution in [0.2, 0.25) is 0 Å². The van der Waals surface area contributed by atoms with E-state index in [1.165, 1.54) is 12.1 Å². The van der Waals surface area contributed by atoms with E-state index in [0.29, 0.717) is 24.3 Å². The summed E-state index contributed by atoms with van der Waals surface area (Å²) in [7, 11) is 2.00. The van der Waals surface area contributed by atoms with Gasteiger partial charge in [-0.25, -0.2) is 9.18 Å². The number of amides is 4. The second-order valence-electron chi connectivity index (χ2n) is 14.0. The molecule has 1 aliphatic heterocycles. The number of carbonyl (C=O) groups excluding carboxylic acids is 3. The third-order valence-corrected chi connectivity index (χ3v) is 9.53. The van der Waals surface area contributed by atoms with Gasteiger partial charge in [0.25, 0.3) is 0 Å². The van der Waals surface area contributed by atoms with E-state index in [0.717, 1.165) is 51.6 Å². The van der Waals surface area contributed by atoms with E-state index >= 15 is 4.39 Å². The van der Waals surface area contributed by atoms with Crippen LogP contribution in [0.5, 0.6) is 0 Å².